The highest BCUT2D eigenvalue weighted by Crippen LogP contribution is 2.34. The van der Waals surface area contributed by atoms with Gasteiger partial charge in [0.1, 0.15) is 5.82 Å². The minimum atomic E-state index is -0.224. The maximum Gasteiger partial charge on any atom is 0.251 e. The van der Waals surface area contributed by atoms with Crippen LogP contribution in [0.4, 0.5) is 4.39 Å². The summed E-state index contributed by atoms with van der Waals surface area (Å²) >= 11 is 0. The molecule has 1 saturated carbocycles. The predicted octanol–water partition coefficient (Wildman–Crippen LogP) is 4.07. The molecule has 122 valence electrons. The average molecular weight is 322 g/mol. The summed E-state index contributed by atoms with van der Waals surface area (Å²) in [6.07, 6.45) is 2.78. The van der Waals surface area contributed by atoms with Crippen LogP contribution in [0, 0.1) is 24.1 Å². The summed E-state index contributed by atoms with van der Waals surface area (Å²) < 4.78 is 13.0. The van der Waals surface area contributed by atoms with Gasteiger partial charge in [-0.3, -0.25) is 4.79 Å². The Hall–Kier alpha value is -2.67. The molecule has 1 N–H and O–H groups in total. The van der Waals surface area contributed by atoms with Crippen molar-refractivity contribution in [2.24, 2.45) is 0 Å². The monoisotopic (exact) mass is 322 g/mol. The minimum Gasteiger partial charge on any atom is -0.349 e. The minimum absolute atomic E-state index is 0.0956. The fourth-order valence-corrected chi connectivity index (χ4v) is 3.40. The fraction of sp³-hybridized carbons (Fsp3) is 0.300. The van der Waals surface area contributed by atoms with Gasteiger partial charge in [0.2, 0.25) is 0 Å². The standard InChI is InChI=1S/C20H19FN2O/c1-13-10-14(12-22)2-9-19(13)20(24)23-18-8-5-16(11-18)15-3-6-17(21)7-4-15/h2-4,6-7,9-10,16,18H,5,8,11H2,1H3,(H,23,24). The third-order valence-corrected chi connectivity index (χ3v) is 4.71. The zero-order valence-electron chi connectivity index (χ0n) is 13.6. The molecule has 0 radical (unpaired) electrons. The van der Waals surface area contributed by atoms with Crippen molar-refractivity contribution in [1.82, 2.24) is 5.32 Å². The van der Waals surface area contributed by atoms with Crippen molar-refractivity contribution in [3.8, 4) is 6.07 Å². The molecule has 1 amide bonds. The highest BCUT2D eigenvalue weighted by atomic mass is 19.1. The SMILES string of the molecule is Cc1cc(C#N)ccc1C(=O)NC1CCC(c2ccc(F)cc2)C1. The second-order valence-electron chi connectivity index (χ2n) is 6.37. The number of hydrogen-bond acceptors (Lipinski definition) is 2. The lowest BCUT2D eigenvalue weighted by Crippen LogP contribution is -2.33. The smallest absolute Gasteiger partial charge is 0.251 e. The van der Waals surface area contributed by atoms with E-state index in [9.17, 15) is 9.18 Å². The molecule has 1 fully saturated rings. The van der Waals surface area contributed by atoms with Crippen molar-refractivity contribution in [2.45, 2.75) is 38.1 Å². The van der Waals surface area contributed by atoms with Crippen molar-refractivity contribution in [1.29, 1.82) is 5.26 Å². The van der Waals surface area contributed by atoms with E-state index in [0.717, 1.165) is 30.4 Å². The highest BCUT2D eigenvalue weighted by Gasteiger charge is 2.27. The Kier molecular flexibility index (Phi) is 4.61. The second kappa shape index (κ2) is 6.84. The maximum atomic E-state index is 13.0. The largest absolute Gasteiger partial charge is 0.349 e. The Balaban J connectivity index is 1.64. The van der Waals surface area contributed by atoms with Crippen LogP contribution in [0.3, 0.4) is 0 Å². The first-order chi connectivity index (χ1) is 11.6. The molecule has 3 rings (SSSR count). The van der Waals surface area contributed by atoms with Gasteiger partial charge in [-0.05, 0) is 73.6 Å². The van der Waals surface area contributed by atoms with E-state index in [1.54, 1.807) is 18.2 Å². The summed E-state index contributed by atoms with van der Waals surface area (Å²) in [6.45, 7) is 1.84. The third kappa shape index (κ3) is 3.46. The number of rotatable bonds is 3. The van der Waals surface area contributed by atoms with Gasteiger partial charge in [0, 0.05) is 11.6 Å². The van der Waals surface area contributed by atoms with Gasteiger partial charge in [-0.25, -0.2) is 4.39 Å². The van der Waals surface area contributed by atoms with Gasteiger partial charge in [0.15, 0.2) is 0 Å². The molecule has 0 spiro atoms. The van der Waals surface area contributed by atoms with Crippen LogP contribution in [0.15, 0.2) is 42.5 Å². The lowest BCUT2D eigenvalue weighted by Gasteiger charge is -2.15. The zero-order chi connectivity index (χ0) is 17.1. The summed E-state index contributed by atoms with van der Waals surface area (Å²) in [5.74, 6) is 0.0394. The quantitative estimate of drug-likeness (QED) is 0.926. The Morgan fingerprint density at radius 3 is 2.62 bits per heavy atom. The predicted molar refractivity (Wildman–Crippen MR) is 90.1 cm³/mol. The van der Waals surface area contributed by atoms with Crippen molar-refractivity contribution >= 4 is 5.91 Å². The number of nitrogens with one attached hydrogen (secondary N) is 1. The number of hydrogen-bond donors (Lipinski definition) is 1. The molecule has 0 bridgehead atoms. The lowest BCUT2D eigenvalue weighted by atomic mass is 9.97. The molecule has 4 heteroatoms. The van der Waals surface area contributed by atoms with Crippen LogP contribution >= 0.6 is 0 Å². The lowest BCUT2D eigenvalue weighted by molar-refractivity contribution is 0.0937. The molecule has 2 atom stereocenters. The van der Waals surface area contributed by atoms with Crippen LogP contribution in [-0.4, -0.2) is 11.9 Å². The van der Waals surface area contributed by atoms with Crippen molar-refractivity contribution in [2.75, 3.05) is 0 Å². The summed E-state index contributed by atoms with van der Waals surface area (Å²) in [5.41, 5.74) is 3.10. The number of carbonyl (C=O) groups excluding carboxylic acids is 1. The van der Waals surface area contributed by atoms with E-state index in [0.29, 0.717) is 17.0 Å². The van der Waals surface area contributed by atoms with E-state index in [-0.39, 0.29) is 17.8 Å². The number of halogens is 1. The van der Waals surface area contributed by atoms with Gasteiger partial charge in [-0.2, -0.15) is 5.26 Å². The summed E-state index contributed by atoms with van der Waals surface area (Å²) in [7, 11) is 0. The first-order valence-electron chi connectivity index (χ1n) is 8.14. The topological polar surface area (TPSA) is 52.9 Å². The highest BCUT2D eigenvalue weighted by molar-refractivity contribution is 5.96. The first kappa shape index (κ1) is 16.2. The van der Waals surface area contributed by atoms with Gasteiger partial charge in [0.05, 0.1) is 11.6 Å². The first-order valence-corrected chi connectivity index (χ1v) is 8.14. The summed E-state index contributed by atoms with van der Waals surface area (Å²) in [5, 5.41) is 12.0. The molecule has 3 nitrogen and oxygen atoms in total. The molecular weight excluding hydrogens is 303 g/mol. The van der Waals surface area contributed by atoms with Gasteiger partial charge < -0.3 is 5.32 Å². The summed E-state index contributed by atoms with van der Waals surface area (Å²) in [6, 6.07) is 13.9. The van der Waals surface area contributed by atoms with Crippen LogP contribution in [0.25, 0.3) is 0 Å². The molecule has 2 aromatic rings. The van der Waals surface area contributed by atoms with Crippen LogP contribution in [0.5, 0.6) is 0 Å². The third-order valence-electron chi connectivity index (χ3n) is 4.71. The van der Waals surface area contributed by atoms with Gasteiger partial charge in [-0.1, -0.05) is 12.1 Å². The molecular formula is C20H19FN2O. The normalized spacial score (nSPS) is 19.7. The maximum absolute atomic E-state index is 13.0. The van der Waals surface area contributed by atoms with E-state index in [1.165, 1.54) is 12.1 Å². The Labute approximate surface area is 141 Å². The van der Waals surface area contributed by atoms with E-state index < -0.39 is 0 Å². The van der Waals surface area contributed by atoms with E-state index >= 15 is 0 Å². The van der Waals surface area contributed by atoms with Crippen LogP contribution in [0.1, 0.15) is 52.2 Å². The number of benzene rings is 2. The van der Waals surface area contributed by atoms with Gasteiger partial charge in [0.25, 0.3) is 5.91 Å². The van der Waals surface area contributed by atoms with Crippen LogP contribution in [0.2, 0.25) is 0 Å². The van der Waals surface area contributed by atoms with Crippen molar-refractivity contribution < 1.29 is 9.18 Å². The zero-order valence-corrected chi connectivity index (χ0v) is 13.6. The van der Waals surface area contributed by atoms with Crippen molar-refractivity contribution in [3.63, 3.8) is 0 Å². The Morgan fingerprint density at radius 2 is 1.96 bits per heavy atom. The Morgan fingerprint density at radius 1 is 1.21 bits per heavy atom. The summed E-state index contributed by atoms with van der Waals surface area (Å²) in [4.78, 5) is 12.5. The molecule has 0 heterocycles. The molecule has 0 aromatic heterocycles. The average Bonchev–Trinajstić information content (AvgIpc) is 3.03. The van der Waals surface area contributed by atoms with Crippen molar-refractivity contribution in [3.05, 3.63) is 70.5 Å². The number of aryl methyl sites for hydroxylation is 1. The molecule has 0 saturated heterocycles. The number of amides is 1. The van der Waals surface area contributed by atoms with Crippen LogP contribution < -0.4 is 5.32 Å². The molecule has 1 aliphatic rings. The van der Waals surface area contributed by atoms with E-state index in [4.69, 9.17) is 5.26 Å². The molecule has 0 aliphatic heterocycles. The van der Waals surface area contributed by atoms with Crippen LogP contribution in [-0.2, 0) is 0 Å². The fourth-order valence-electron chi connectivity index (χ4n) is 3.40. The molecule has 2 unspecified atom stereocenters. The molecule has 24 heavy (non-hydrogen) atoms. The number of carbonyl (C=O) groups is 1. The second-order valence-corrected chi connectivity index (χ2v) is 6.37. The van der Waals surface area contributed by atoms with Gasteiger partial charge in [-0.15, -0.1) is 0 Å². The number of nitrogens with zero attached hydrogens (tertiary/aromatic N) is 1. The van der Waals surface area contributed by atoms with E-state index in [2.05, 4.69) is 11.4 Å². The Bertz CT molecular complexity index is 792. The molecule has 2 aromatic carbocycles. The van der Waals surface area contributed by atoms with Gasteiger partial charge >= 0.3 is 0 Å². The van der Waals surface area contributed by atoms with E-state index in [1.807, 2.05) is 19.1 Å². The number of nitriles is 1. The molecule has 1 aliphatic carbocycles.